The zero-order valence-electron chi connectivity index (χ0n) is 13.5. The number of amides is 3. The first kappa shape index (κ1) is 16.8. The number of aryl methyl sites for hydroxylation is 1. The molecule has 3 amide bonds. The summed E-state index contributed by atoms with van der Waals surface area (Å²) in [4.78, 5) is 39.6. The van der Waals surface area contributed by atoms with Crippen molar-refractivity contribution in [3.05, 3.63) is 28.8 Å². The Morgan fingerprint density at radius 1 is 1.21 bits per heavy atom. The average molecular weight is 350 g/mol. The molecule has 1 N–H and O–H groups in total. The highest BCUT2D eigenvalue weighted by Crippen LogP contribution is 2.48. The lowest BCUT2D eigenvalue weighted by atomic mass is 10.0. The number of piperazine rings is 1. The number of hydrogen-bond acceptors (Lipinski definition) is 3. The van der Waals surface area contributed by atoms with Gasteiger partial charge in [0.05, 0.1) is 0 Å². The van der Waals surface area contributed by atoms with Crippen LogP contribution >= 0.6 is 11.6 Å². The maximum Gasteiger partial charge on any atom is 0.240 e. The number of hydrogen-bond donors (Lipinski definition) is 1. The lowest BCUT2D eigenvalue weighted by molar-refractivity contribution is -0.144. The number of carbonyl (C=O) groups is 3. The van der Waals surface area contributed by atoms with Gasteiger partial charge in [0.2, 0.25) is 18.2 Å². The molecule has 6 nitrogen and oxygen atoms in total. The molecule has 0 radical (unpaired) electrons. The normalized spacial score (nSPS) is 18.9. The van der Waals surface area contributed by atoms with E-state index in [0.717, 1.165) is 12.0 Å². The van der Waals surface area contributed by atoms with Gasteiger partial charge in [-0.2, -0.15) is 0 Å². The molecule has 2 fully saturated rings. The molecule has 7 heteroatoms. The van der Waals surface area contributed by atoms with Crippen molar-refractivity contribution in [3.63, 3.8) is 0 Å². The smallest absolute Gasteiger partial charge is 0.240 e. The van der Waals surface area contributed by atoms with Crippen molar-refractivity contribution in [2.75, 3.05) is 31.5 Å². The van der Waals surface area contributed by atoms with E-state index in [2.05, 4.69) is 5.32 Å². The summed E-state index contributed by atoms with van der Waals surface area (Å²) < 4.78 is 0. The van der Waals surface area contributed by atoms with Gasteiger partial charge < -0.3 is 15.1 Å². The van der Waals surface area contributed by atoms with Crippen LogP contribution in [0.2, 0.25) is 5.02 Å². The number of carbonyl (C=O) groups excluding carboxylic acids is 3. The van der Waals surface area contributed by atoms with Gasteiger partial charge in [-0.3, -0.25) is 14.4 Å². The van der Waals surface area contributed by atoms with Crippen LogP contribution in [0.15, 0.2) is 18.2 Å². The lowest BCUT2D eigenvalue weighted by Crippen LogP contribution is -2.52. The fourth-order valence-corrected chi connectivity index (χ4v) is 3.23. The second-order valence-corrected chi connectivity index (χ2v) is 6.87. The van der Waals surface area contributed by atoms with Crippen LogP contribution in [0.1, 0.15) is 18.4 Å². The Bertz CT molecular complexity index is 680. The fourth-order valence-electron chi connectivity index (χ4n) is 3.01. The van der Waals surface area contributed by atoms with Crippen LogP contribution < -0.4 is 5.32 Å². The van der Waals surface area contributed by atoms with Gasteiger partial charge in [-0.05, 0) is 43.5 Å². The molecule has 1 aliphatic carbocycles. The number of nitrogens with zero attached hydrogens (tertiary/aromatic N) is 2. The number of anilines is 1. The second kappa shape index (κ2) is 6.43. The molecular formula is C17H20ClN3O3. The van der Waals surface area contributed by atoms with Crippen LogP contribution in [-0.4, -0.2) is 54.2 Å². The molecule has 24 heavy (non-hydrogen) atoms. The maximum atomic E-state index is 12.8. The largest absolute Gasteiger partial charge is 0.342 e. The summed E-state index contributed by atoms with van der Waals surface area (Å²) in [6.07, 6.45) is 1.93. The zero-order chi connectivity index (χ0) is 17.3. The van der Waals surface area contributed by atoms with Gasteiger partial charge in [0.15, 0.2) is 0 Å². The fraction of sp³-hybridized carbons (Fsp3) is 0.471. The van der Waals surface area contributed by atoms with Crippen molar-refractivity contribution in [3.8, 4) is 0 Å². The Balaban J connectivity index is 1.68. The molecule has 1 aliphatic heterocycles. The molecule has 0 atom stereocenters. The minimum atomic E-state index is -0.949. The summed E-state index contributed by atoms with van der Waals surface area (Å²) in [6, 6.07) is 5.24. The molecule has 3 rings (SSSR count). The highest BCUT2D eigenvalue weighted by molar-refractivity contribution is 6.30. The molecule has 1 aromatic rings. The van der Waals surface area contributed by atoms with Gasteiger partial charge in [-0.1, -0.05) is 11.6 Å². The van der Waals surface area contributed by atoms with Gasteiger partial charge in [0, 0.05) is 36.9 Å². The number of benzene rings is 1. The van der Waals surface area contributed by atoms with Crippen LogP contribution in [0.5, 0.6) is 0 Å². The minimum absolute atomic E-state index is 0.128. The summed E-state index contributed by atoms with van der Waals surface area (Å²) in [5, 5.41) is 3.48. The number of rotatable bonds is 4. The van der Waals surface area contributed by atoms with Crippen molar-refractivity contribution < 1.29 is 14.4 Å². The first-order valence-corrected chi connectivity index (χ1v) is 8.40. The van der Waals surface area contributed by atoms with Gasteiger partial charge >= 0.3 is 0 Å². The van der Waals surface area contributed by atoms with Gasteiger partial charge in [0.1, 0.15) is 5.41 Å². The Labute approximate surface area is 145 Å². The molecule has 0 bridgehead atoms. The molecule has 1 aromatic carbocycles. The Morgan fingerprint density at radius 3 is 2.42 bits per heavy atom. The van der Waals surface area contributed by atoms with Crippen LogP contribution in [0.25, 0.3) is 0 Å². The summed E-state index contributed by atoms with van der Waals surface area (Å²) >= 11 is 5.93. The molecule has 2 aliphatic rings. The van der Waals surface area contributed by atoms with Crippen molar-refractivity contribution >= 4 is 35.5 Å². The van der Waals surface area contributed by atoms with E-state index in [1.165, 1.54) is 0 Å². The van der Waals surface area contributed by atoms with E-state index in [1.54, 1.807) is 28.0 Å². The predicted molar refractivity (Wildman–Crippen MR) is 90.7 cm³/mol. The maximum absolute atomic E-state index is 12.8. The highest BCUT2D eigenvalue weighted by Gasteiger charge is 2.58. The monoisotopic (exact) mass is 349 g/mol. The Morgan fingerprint density at radius 2 is 1.88 bits per heavy atom. The molecular weight excluding hydrogens is 330 g/mol. The standard InChI is InChI=1S/C17H20ClN3O3/c1-12-10-13(18)2-3-14(12)19-15(23)17(4-5-17)16(24)21-8-6-20(11-22)7-9-21/h2-3,10-11H,4-9H2,1H3,(H,19,23). The summed E-state index contributed by atoms with van der Waals surface area (Å²) in [7, 11) is 0. The third kappa shape index (κ3) is 3.11. The molecule has 0 aromatic heterocycles. The first-order valence-electron chi connectivity index (χ1n) is 8.02. The zero-order valence-corrected chi connectivity index (χ0v) is 14.3. The van der Waals surface area contributed by atoms with E-state index < -0.39 is 5.41 Å². The molecule has 1 saturated carbocycles. The van der Waals surface area contributed by atoms with Crippen LogP contribution in [0.4, 0.5) is 5.69 Å². The second-order valence-electron chi connectivity index (χ2n) is 6.43. The van der Waals surface area contributed by atoms with Crippen molar-refractivity contribution in [2.24, 2.45) is 5.41 Å². The Kier molecular flexibility index (Phi) is 4.49. The van der Waals surface area contributed by atoms with Crippen LogP contribution in [-0.2, 0) is 14.4 Å². The van der Waals surface area contributed by atoms with Crippen molar-refractivity contribution in [1.82, 2.24) is 9.80 Å². The van der Waals surface area contributed by atoms with Gasteiger partial charge in [-0.25, -0.2) is 0 Å². The van der Waals surface area contributed by atoms with E-state index in [9.17, 15) is 14.4 Å². The molecule has 1 saturated heterocycles. The number of halogens is 1. The SMILES string of the molecule is Cc1cc(Cl)ccc1NC(=O)C1(C(=O)N2CCN(C=O)CC2)CC1. The van der Waals surface area contributed by atoms with E-state index in [1.807, 2.05) is 6.92 Å². The third-order valence-electron chi connectivity index (χ3n) is 4.78. The summed E-state index contributed by atoms with van der Waals surface area (Å²) in [5.74, 6) is -0.382. The first-order chi connectivity index (χ1) is 11.5. The van der Waals surface area contributed by atoms with Crippen molar-refractivity contribution in [2.45, 2.75) is 19.8 Å². The Hall–Kier alpha value is -2.08. The average Bonchev–Trinajstić information content (AvgIpc) is 3.38. The van der Waals surface area contributed by atoms with Gasteiger partial charge in [-0.15, -0.1) is 0 Å². The quantitative estimate of drug-likeness (QED) is 0.664. The van der Waals surface area contributed by atoms with Crippen LogP contribution in [0.3, 0.4) is 0 Å². The van der Waals surface area contributed by atoms with E-state index in [0.29, 0.717) is 49.7 Å². The molecule has 1 heterocycles. The molecule has 0 unspecified atom stereocenters. The highest BCUT2D eigenvalue weighted by atomic mass is 35.5. The summed E-state index contributed by atoms with van der Waals surface area (Å²) in [5.41, 5.74) is 0.586. The van der Waals surface area contributed by atoms with E-state index in [-0.39, 0.29) is 11.8 Å². The molecule has 0 spiro atoms. The lowest BCUT2D eigenvalue weighted by Gasteiger charge is -2.34. The van der Waals surface area contributed by atoms with Crippen LogP contribution in [0, 0.1) is 12.3 Å². The van der Waals surface area contributed by atoms with Gasteiger partial charge in [0.25, 0.3) is 0 Å². The molecule has 128 valence electrons. The number of nitrogens with one attached hydrogen (secondary N) is 1. The summed E-state index contributed by atoms with van der Waals surface area (Å²) in [6.45, 7) is 3.85. The van der Waals surface area contributed by atoms with E-state index >= 15 is 0 Å². The topological polar surface area (TPSA) is 69.7 Å². The predicted octanol–water partition coefficient (Wildman–Crippen LogP) is 1.67. The van der Waals surface area contributed by atoms with E-state index in [4.69, 9.17) is 11.6 Å². The van der Waals surface area contributed by atoms with Crippen molar-refractivity contribution in [1.29, 1.82) is 0 Å². The third-order valence-corrected chi connectivity index (χ3v) is 5.02. The minimum Gasteiger partial charge on any atom is -0.342 e.